The molecule has 0 fully saturated rings. The van der Waals surface area contributed by atoms with Gasteiger partial charge in [-0.25, -0.2) is 0 Å². The van der Waals surface area contributed by atoms with Crippen LogP contribution in [0.3, 0.4) is 0 Å². The number of hydrogen-bond donors (Lipinski definition) is 0. The molecule has 0 atom stereocenters. The smallest absolute Gasteiger partial charge is 0.344 e. The van der Waals surface area contributed by atoms with Gasteiger partial charge in [-0.1, -0.05) is 60.7 Å². The minimum absolute atomic E-state index is 0.0256. The molecule has 0 saturated carbocycles. The molecular formula is C29H19F3N2O3. The van der Waals surface area contributed by atoms with Crippen molar-refractivity contribution in [1.29, 1.82) is 0 Å². The number of carbonyl (C=O) groups excluding carboxylic acids is 1. The molecule has 37 heavy (non-hydrogen) atoms. The molecule has 0 aliphatic carbocycles. The van der Waals surface area contributed by atoms with E-state index in [-0.39, 0.29) is 5.75 Å². The van der Waals surface area contributed by atoms with Crippen LogP contribution < -0.4 is 9.47 Å². The number of carbonyl (C=O) groups is 1. The molecule has 0 aliphatic heterocycles. The molecule has 0 spiro atoms. The lowest BCUT2D eigenvalue weighted by molar-refractivity contribution is -0.120. The molecule has 0 saturated heterocycles. The third-order valence-electron chi connectivity index (χ3n) is 5.07. The van der Waals surface area contributed by atoms with Gasteiger partial charge in [0.2, 0.25) is 0 Å². The molecule has 2 aromatic heterocycles. The van der Waals surface area contributed by atoms with Crippen LogP contribution in [0, 0.1) is 0 Å². The Bertz CT molecular complexity index is 1430. The molecular weight excluding hydrogens is 481 g/mol. The van der Waals surface area contributed by atoms with Crippen molar-refractivity contribution in [1.82, 2.24) is 9.97 Å². The molecule has 0 aliphatic rings. The second kappa shape index (κ2) is 12.1. The van der Waals surface area contributed by atoms with Crippen LogP contribution in [0.25, 0.3) is 35.7 Å². The van der Waals surface area contributed by atoms with Gasteiger partial charge in [-0.2, -0.15) is 13.2 Å². The van der Waals surface area contributed by atoms with Gasteiger partial charge in [0.1, 0.15) is 11.5 Å². The second-order valence-electron chi connectivity index (χ2n) is 7.61. The number of halogens is 3. The standard InChI is InChI=1S/C29H19F3N2O3/c30-28(31)29(32)37-25-13-7-21(8-14-25)2-4-23-10-16-27(34-18-23)26-15-9-22(17-33-26)3-1-20-5-11-24(12-6-20)36-19-35/h1-19H/b3-1+,4-2+. The third kappa shape index (κ3) is 7.25. The molecule has 0 radical (unpaired) electrons. The number of rotatable bonds is 9. The van der Waals surface area contributed by atoms with E-state index in [0.717, 1.165) is 33.6 Å². The van der Waals surface area contributed by atoms with Crippen LogP contribution in [0.2, 0.25) is 0 Å². The summed E-state index contributed by atoms with van der Waals surface area (Å²) in [7, 11) is 0. The topological polar surface area (TPSA) is 61.3 Å². The number of aromatic nitrogens is 2. The van der Waals surface area contributed by atoms with E-state index < -0.39 is 12.1 Å². The molecule has 0 bridgehead atoms. The molecule has 4 rings (SSSR count). The Kier molecular flexibility index (Phi) is 8.23. The van der Waals surface area contributed by atoms with Gasteiger partial charge in [-0.05, 0) is 58.7 Å². The highest BCUT2D eigenvalue weighted by atomic mass is 19.3. The van der Waals surface area contributed by atoms with E-state index in [0.29, 0.717) is 12.2 Å². The van der Waals surface area contributed by atoms with Crippen LogP contribution in [-0.2, 0) is 4.79 Å². The molecule has 2 heterocycles. The fourth-order valence-electron chi connectivity index (χ4n) is 3.20. The van der Waals surface area contributed by atoms with Gasteiger partial charge in [0.05, 0.1) is 11.4 Å². The van der Waals surface area contributed by atoms with Gasteiger partial charge in [0.25, 0.3) is 6.47 Å². The normalized spacial score (nSPS) is 11.0. The lowest BCUT2D eigenvalue weighted by Gasteiger charge is -2.03. The molecule has 0 unspecified atom stereocenters. The van der Waals surface area contributed by atoms with Gasteiger partial charge >= 0.3 is 12.1 Å². The second-order valence-corrected chi connectivity index (χ2v) is 7.61. The zero-order chi connectivity index (χ0) is 26.0. The Morgan fingerprint density at radius 3 is 1.43 bits per heavy atom. The highest BCUT2D eigenvalue weighted by Gasteiger charge is 2.07. The summed E-state index contributed by atoms with van der Waals surface area (Å²) in [5, 5.41) is 0. The molecule has 4 aromatic rings. The Hall–Kier alpha value is -4.98. The SMILES string of the molecule is O=COc1ccc(/C=C/c2ccc(-c3ccc(/C=C/c4ccc(OC(F)=C(F)F)cc4)cn3)nc2)cc1. The fraction of sp³-hybridized carbons (Fsp3) is 0. The van der Waals surface area contributed by atoms with Crippen molar-refractivity contribution in [2.75, 3.05) is 0 Å². The summed E-state index contributed by atoms with van der Waals surface area (Å²) in [5.74, 6) is 0.458. The zero-order valence-electron chi connectivity index (χ0n) is 19.2. The predicted octanol–water partition coefficient (Wildman–Crippen LogP) is 7.43. The van der Waals surface area contributed by atoms with Crippen molar-refractivity contribution < 1.29 is 27.4 Å². The average Bonchev–Trinajstić information content (AvgIpc) is 2.93. The first-order valence-corrected chi connectivity index (χ1v) is 11.0. The first kappa shape index (κ1) is 25.1. The molecule has 184 valence electrons. The summed E-state index contributed by atoms with van der Waals surface area (Å²) < 4.78 is 46.3. The molecule has 0 N–H and O–H groups in total. The van der Waals surface area contributed by atoms with Crippen LogP contribution >= 0.6 is 0 Å². The maximum absolute atomic E-state index is 12.9. The minimum atomic E-state index is -2.51. The van der Waals surface area contributed by atoms with Crippen LogP contribution in [0.15, 0.2) is 97.3 Å². The first-order valence-electron chi connectivity index (χ1n) is 11.0. The van der Waals surface area contributed by atoms with Crippen LogP contribution in [-0.4, -0.2) is 16.4 Å². The predicted molar refractivity (Wildman–Crippen MR) is 136 cm³/mol. The minimum Gasteiger partial charge on any atom is -0.429 e. The Morgan fingerprint density at radius 2 is 1.03 bits per heavy atom. The van der Waals surface area contributed by atoms with Gasteiger partial charge in [0, 0.05) is 12.4 Å². The Morgan fingerprint density at radius 1 is 0.595 bits per heavy atom. The third-order valence-corrected chi connectivity index (χ3v) is 5.07. The molecule has 5 nitrogen and oxygen atoms in total. The number of pyridine rings is 2. The van der Waals surface area contributed by atoms with Gasteiger partial charge in [0.15, 0.2) is 0 Å². The van der Waals surface area contributed by atoms with E-state index in [1.165, 1.54) is 12.1 Å². The summed E-state index contributed by atoms with van der Waals surface area (Å²) in [6.07, 6.45) is 8.47. The van der Waals surface area contributed by atoms with E-state index in [4.69, 9.17) is 4.74 Å². The lowest BCUT2D eigenvalue weighted by atomic mass is 10.1. The first-order chi connectivity index (χ1) is 18.0. The number of ether oxygens (including phenoxy) is 2. The summed E-state index contributed by atoms with van der Waals surface area (Å²) in [6, 6.07) is 18.8. The molecule has 8 heteroatoms. The summed E-state index contributed by atoms with van der Waals surface area (Å²) >= 11 is 0. The number of nitrogens with zero attached hydrogens (tertiary/aromatic N) is 2. The van der Waals surface area contributed by atoms with Crippen LogP contribution in [0.4, 0.5) is 13.2 Å². The van der Waals surface area contributed by atoms with Gasteiger partial charge in [-0.15, -0.1) is 0 Å². The fourth-order valence-corrected chi connectivity index (χ4v) is 3.20. The van der Waals surface area contributed by atoms with Crippen LogP contribution in [0.5, 0.6) is 11.5 Å². The summed E-state index contributed by atoms with van der Waals surface area (Å²) in [5.41, 5.74) is 4.94. The Labute approximate surface area is 210 Å². The van der Waals surface area contributed by atoms with Crippen molar-refractivity contribution in [2.45, 2.75) is 0 Å². The molecule has 0 amide bonds. The summed E-state index contributed by atoms with van der Waals surface area (Å²) in [6.45, 7) is 0.390. The van der Waals surface area contributed by atoms with E-state index in [2.05, 4.69) is 14.7 Å². The highest BCUT2D eigenvalue weighted by Crippen LogP contribution is 2.21. The summed E-state index contributed by atoms with van der Waals surface area (Å²) in [4.78, 5) is 19.3. The molecule has 2 aromatic carbocycles. The Balaban J connectivity index is 1.35. The number of benzene rings is 2. The van der Waals surface area contributed by atoms with Crippen molar-refractivity contribution in [3.05, 3.63) is 120 Å². The zero-order valence-corrected chi connectivity index (χ0v) is 19.2. The van der Waals surface area contributed by atoms with E-state index in [9.17, 15) is 18.0 Å². The van der Waals surface area contributed by atoms with E-state index in [1.54, 1.807) is 36.7 Å². The van der Waals surface area contributed by atoms with Crippen molar-refractivity contribution in [2.24, 2.45) is 0 Å². The van der Waals surface area contributed by atoms with E-state index >= 15 is 0 Å². The highest BCUT2D eigenvalue weighted by molar-refractivity contribution is 5.72. The average molecular weight is 500 g/mol. The van der Waals surface area contributed by atoms with Crippen LogP contribution in [0.1, 0.15) is 22.3 Å². The monoisotopic (exact) mass is 500 g/mol. The quantitative estimate of drug-likeness (QED) is 0.177. The lowest BCUT2D eigenvalue weighted by Crippen LogP contribution is -1.90. The maximum atomic E-state index is 12.9. The van der Waals surface area contributed by atoms with E-state index in [1.807, 2.05) is 60.7 Å². The van der Waals surface area contributed by atoms with Gasteiger partial charge < -0.3 is 9.47 Å². The van der Waals surface area contributed by atoms with Crippen molar-refractivity contribution in [3.63, 3.8) is 0 Å². The van der Waals surface area contributed by atoms with Gasteiger partial charge in [-0.3, -0.25) is 14.8 Å². The maximum Gasteiger partial charge on any atom is 0.344 e. The van der Waals surface area contributed by atoms with Crippen molar-refractivity contribution in [3.8, 4) is 22.9 Å². The largest absolute Gasteiger partial charge is 0.429 e. The van der Waals surface area contributed by atoms with Crippen molar-refractivity contribution >= 4 is 30.8 Å². The number of hydrogen-bond acceptors (Lipinski definition) is 5.